The molecule has 0 radical (unpaired) electrons. The van der Waals surface area contributed by atoms with Crippen LogP contribution >= 0.6 is 0 Å². The van der Waals surface area contributed by atoms with E-state index in [1.54, 1.807) is 6.20 Å². The van der Waals surface area contributed by atoms with Gasteiger partial charge in [-0.3, -0.25) is 9.78 Å². The fraction of sp³-hybridized carbons (Fsp3) is 0.250. The predicted molar refractivity (Wildman–Crippen MR) is 117 cm³/mol. The molecule has 29 heavy (non-hydrogen) atoms. The predicted octanol–water partition coefficient (Wildman–Crippen LogP) is 5.18. The van der Waals surface area contributed by atoms with Gasteiger partial charge in [-0.25, -0.2) is 0 Å². The minimum absolute atomic E-state index is 0.0485. The number of pyridine rings is 1. The Labute approximate surface area is 172 Å². The van der Waals surface area contributed by atoms with E-state index in [-0.39, 0.29) is 5.91 Å². The lowest BCUT2D eigenvalue weighted by molar-refractivity contribution is 0.0952. The number of nitrogens with zero attached hydrogens (tertiary/aromatic N) is 1. The second-order valence-corrected chi connectivity index (χ2v) is 7.28. The zero-order chi connectivity index (χ0) is 20.5. The van der Waals surface area contributed by atoms with E-state index in [2.05, 4.69) is 29.5 Å². The number of carbonyl (C=O) groups excluding carboxylic acids is 1. The van der Waals surface area contributed by atoms with Crippen molar-refractivity contribution in [1.82, 2.24) is 10.3 Å². The van der Waals surface area contributed by atoms with E-state index in [0.29, 0.717) is 24.6 Å². The third kappa shape index (κ3) is 6.64. The quantitative estimate of drug-likeness (QED) is 0.529. The molecule has 0 aliphatic heterocycles. The third-order valence-electron chi connectivity index (χ3n) is 4.39. The van der Waals surface area contributed by atoms with Crippen molar-refractivity contribution in [1.29, 1.82) is 0 Å². The lowest BCUT2D eigenvalue weighted by Gasteiger charge is -2.11. The number of benzene rings is 2. The Kier molecular flexibility index (Phi) is 7.22. The first-order valence-corrected chi connectivity index (χ1v) is 9.88. The summed E-state index contributed by atoms with van der Waals surface area (Å²) in [5.74, 6) is 1.30. The number of aromatic nitrogens is 1. The molecule has 0 bridgehead atoms. The van der Waals surface area contributed by atoms with Crippen molar-refractivity contribution in [2.24, 2.45) is 5.92 Å². The second-order valence-electron chi connectivity index (χ2n) is 7.28. The van der Waals surface area contributed by atoms with Crippen LogP contribution in [0.1, 0.15) is 36.3 Å². The van der Waals surface area contributed by atoms with Crippen LogP contribution in [-0.4, -0.2) is 17.4 Å². The maximum Gasteiger partial charge on any atom is 0.251 e. The van der Waals surface area contributed by atoms with Crippen molar-refractivity contribution >= 4 is 17.3 Å². The van der Waals surface area contributed by atoms with Crippen molar-refractivity contribution in [3.05, 3.63) is 84.2 Å². The first-order valence-electron chi connectivity index (χ1n) is 9.88. The number of carbonyl (C=O) groups is 1. The van der Waals surface area contributed by atoms with Gasteiger partial charge in [-0.1, -0.05) is 26.0 Å². The summed E-state index contributed by atoms with van der Waals surface area (Å²) in [6, 6.07) is 21.0. The fourth-order valence-corrected chi connectivity index (χ4v) is 2.76. The number of ether oxygens (including phenoxy) is 1. The Morgan fingerprint density at radius 2 is 1.83 bits per heavy atom. The molecule has 0 saturated carbocycles. The zero-order valence-corrected chi connectivity index (χ0v) is 16.9. The smallest absolute Gasteiger partial charge is 0.251 e. The van der Waals surface area contributed by atoms with Gasteiger partial charge in [0.25, 0.3) is 5.91 Å². The normalized spacial score (nSPS) is 10.6. The highest BCUT2D eigenvalue weighted by atomic mass is 16.5. The molecule has 5 nitrogen and oxygen atoms in total. The van der Waals surface area contributed by atoms with E-state index < -0.39 is 0 Å². The number of anilines is 2. The molecule has 3 rings (SSSR count). The summed E-state index contributed by atoms with van der Waals surface area (Å²) in [6.07, 6.45) is 2.73. The molecule has 150 valence electrons. The number of hydrogen-bond donors (Lipinski definition) is 2. The molecule has 2 N–H and O–H groups in total. The summed E-state index contributed by atoms with van der Waals surface area (Å²) in [7, 11) is 0. The molecule has 0 aliphatic rings. The van der Waals surface area contributed by atoms with E-state index in [1.807, 2.05) is 66.7 Å². The molecule has 0 saturated heterocycles. The van der Waals surface area contributed by atoms with Crippen LogP contribution in [0.2, 0.25) is 0 Å². The summed E-state index contributed by atoms with van der Waals surface area (Å²) in [6.45, 7) is 5.41. The van der Waals surface area contributed by atoms with Crippen LogP contribution in [0.25, 0.3) is 0 Å². The Hall–Kier alpha value is -3.34. The SMILES string of the molecule is CC(C)CCNC(=O)c1cccc(Nc2ccc(OCc3ccccn3)cc2)c1. The molecule has 0 spiro atoms. The molecule has 0 unspecified atom stereocenters. The highest BCUT2D eigenvalue weighted by molar-refractivity contribution is 5.95. The molecule has 5 heteroatoms. The average molecular weight is 389 g/mol. The number of rotatable bonds is 9. The van der Waals surface area contributed by atoms with Crippen molar-refractivity contribution in [2.45, 2.75) is 26.9 Å². The molecule has 1 amide bonds. The van der Waals surface area contributed by atoms with Crippen LogP contribution in [-0.2, 0) is 6.61 Å². The summed E-state index contributed by atoms with van der Waals surface area (Å²) in [5.41, 5.74) is 3.32. The fourth-order valence-electron chi connectivity index (χ4n) is 2.76. The molecular weight excluding hydrogens is 362 g/mol. The Morgan fingerprint density at radius 1 is 1.00 bits per heavy atom. The van der Waals surface area contributed by atoms with Crippen molar-refractivity contribution < 1.29 is 9.53 Å². The van der Waals surface area contributed by atoms with E-state index in [9.17, 15) is 4.79 Å². The maximum absolute atomic E-state index is 12.3. The van der Waals surface area contributed by atoms with E-state index >= 15 is 0 Å². The van der Waals surface area contributed by atoms with Crippen LogP contribution in [0.5, 0.6) is 5.75 Å². The van der Waals surface area contributed by atoms with Gasteiger partial charge < -0.3 is 15.4 Å². The van der Waals surface area contributed by atoms with Crippen molar-refractivity contribution in [2.75, 3.05) is 11.9 Å². The third-order valence-corrected chi connectivity index (χ3v) is 4.39. The zero-order valence-electron chi connectivity index (χ0n) is 16.9. The number of hydrogen-bond acceptors (Lipinski definition) is 4. The molecule has 0 atom stereocenters. The van der Waals surface area contributed by atoms with E-state index in [4.69, 9.17) is 4.74 Å². The Balaban J connectivity index is 1.55. The summed E-state index contributed by atoms with van der Waals surface area (Å²) in [4.78, 5) is 16.6. The average Bonchev–Trinajstić information content (AvgIpc) is 2.74. The largest absolute Gasteiger partial charge is 0.487 e. The molecule has 0 fully saturated rings. The molecule has 0 aliphatic carbocycles. The van der Waals surface area contributed by atoms with Gasteiger partial charge in [0.05, 0.1) is 5.69 Å². The van der Waals surface area contributed by atoms with Gasteiger partial charge in [0, 0.05) is 29.7 Å². The van der Waals surface area contributed by atoms with E-state index in [1.165, 1.54) is 0 Å². The Morgan fingerprint density at radius 3 is 2.55 bits per heavy atom. The van der Waals surface area contributed by atoms with Crippen LogP contribution < -0.4 is 15.4 Å². The summed E-state index contributed by atoms with van der Waals surface area (Å²) in [5, 5.41) is 6.29. The van der Waals surface area contributed by atoms with Gasteiger partial charge in [0.2, 0.25) is 0 Å². The number of amides is 1. The lowest BCUT2D eigenvalue weighted by Crippen LogP contribution is -2.25. The monoisotopic (exact) mass is 389 g/mol. The van der Waals surface area contributed by atoms with Crippen LogP contribution in [0.4, 0.5) is 11.4 Å². The van der Waals surface area contributed by atoms with Crippen molar-refractivity contribution in [3.63, 3.8) is 0 Å². The minimum atomic E-state index is -0.0485. The van der Waals surface area contributed by atoms with Crippen LogP contribution in [0.3, 0.4) is 0 Å². The standard InChI is InChI=1S/C24H27N3O2/c1-18(2)13-15-26-24(28)19-6-5-8-21(16-19)27-20-9-11-23(12-10-20)29-17-22-7-3-4-14-25-22/h3-12,14,16,18,27H,13,15,17H2,1-2H3,(H,26,28). The first-order chi connectivity index (χ1) is 14.1. The molecular formula is C24H27N3O2. The van der Waals surface area contributed by atoms with Gasteiger partial charge >= 0.3 is 0 Å². The van der Waals surface area contributed by atoms with Gasteiger partial charge in [-0.15, -0.1) is 0 Å². The maximum atomic E-state index is 12.3. The van der Waals surface area contributed by atoms with Gasteiger partial charge in [-0.05, 0) is 66.9 Å². The minimum Gasteiger partial charge on any atom is -0.487 e. The van der Waals surface area contributed by atoms with Crippen molar-refractivity contribution in [3.8, 4) is 5.75 Å². The highest BCUT2D eigenvalue weighted by Crippen LogP contribution is 2.21. The summed E-state index contributed by atoms with van der Waals surface area (Å²) >= 11 is 0. The second kappa shape index (κ2) is 10.3. The van der Waals surface area contributed by atoms with Gasteiger partial charge in [-0.2, -0.15) is 0 Å². The first kappa shape index (κ1) is 20.4. The van der Waals surface area contributed by atoms with Crippen LogP contribution in [0, 0.1) is 5.92 Å². The molecule has 1 heterocycles. The molecule has 3 aromatic rings. The van der Waals surface area contributed by atoms with Crippen LogP contribution in [0.15, 0.2) is 72.9 Å². The topological polar surface area (TPSA) is 63.2 Å². The highest BCUT2D eigenvalue weighted by Gasteiger charge is 2.06. The summed E-state index contributed by atoms with van der Waals surface area (Å²) < 4.78 is 5.76. The van der Waals surface area contributed by atoms with E-state index in [0.717, 1.165) is 29.2 Å². The number of nitrogens with one attached hydrogen (secondary N) is 2. The Bertz CT molecular complexity index is 909. The van der Waals surface area contributed by atoms with Gasteiger partial charge in [0.1, 0.15) is 12.4 Å². The van der Waals surface area contributed by atoms with Gasteiger partial charge in [0.15, 0.2) is 0 Å². The molecule has 2 aromatic carbocycles. The molecule has 1 aromatic heterocycles. The lowest BCUT2D eigenvalue weighted by atomic mass is 10.1.